The summed E-state index contributed by atoms with van der Waals surface area (Å²) in [6.07, 6.45) is 1.23. The van der Waals surface area contributed by atoms with Gasteiger partial charge in [0.2, 0.25) is 0 Å². The average Bonchev–Trinajstić information content (AvgIpc) is 2.58. The highest BCUT2D eigenvalue weighted by atomic mass is 79.9. The van der Waals surface area contributed by atoms with Crippen molar-refractivity contribution in [1.82, 2.24) is 9.80 Å². The molecule has 1 saturated heterocycles. The van der Waals surface area contributed by atoms with Crippen molar-refractivity contribution in [2.45, 2.75) is 12.5 Å². The van der Waals surface area contributed by atoms with Gasteiger partial charge in [-0.15, -0.1) is 0 Å². The highest BCUT2D eigenvalue weighted by Gasteiger charge is 2.21. The number of halogens is 1. The van der Waals surface area contributed by atoms with Gasteiger partial charge in [0.1, 0.15) is 0 Å². The van der Waals surface area contributed by atoms with Crippen molar-refractivity contribution in [2.75, 3.05) is 39.8 Å². The molecule has 1 aliphatic heterocycles. The quantitative estimate of drug-likeness (QED) is 0.927. The van der Waals surface area contributed by atoms with Crippen molar-refractivity contribution in [2.24, 2.45) is 5.73 Å². The van der Waals surface area contributed by atoms with Gasteiger partial charge >= 0.3 is 0 Å². The second-order valence-corrected chi connectivity index (χ2v) is 5.91. The zero-order valence-electron chi connectivity index (χ0n) is 11.0. The number of hydrogen-bond donors (Lipinski definition) is 1. The van der Waals surface area contributed by atoms with Crippen LogP contribution in [0.5, 0.6) is 0 Å². The highest BCUT2D eigenvalue weighted by molar-refractivity contribution is 9.10. The molecule has 0 aliphatic carbocycles. The van der Waals surface area contributed by atoms with E-state index in [1.807, 2.05) is 0 Å². The molecule has 1 aliphatic rings. The lowest BCUT2D eigenvalue weighted by molar-refractivity contribution is 0.208. The summed E-state index contributed by atoms with van der Waals surface area (Å²) >= 11 is 3.48. The summed E-state index contributed by atoms with van der Waals surface area (Å²) in [7, 11) is 2.20. The predicted molar refractivity (Wildman–Crippen MR) is 79.6 cm³/mol. The molecule has 1 heterocycles. The third-order valence-corrected chi connectivity index (χ3v) is 4.20. The molecule has 100 valence electrons. The van der Waals surface area contributed by atoms with E-state index in [0.29, 0.717) is 12.6 Å². The van der Waals surface area contributed by atoms with Crippen LogP contribution >= 0.6 is 15.9 Å². The molecule has 0 saturated carbocycles. The molecule has 1 unspecified atom stereocenters. The summed E-state index contributed by atoms with van der Waals surface area (Å²) in [5.74, 6) is 0. The molecule has 2 N–H and O–H groups in total. The average molecular weight is 312 g/mol. The monoisotopic (exact) mass is 311 g/mol. The van der Waals surface area contributed by atoms with E-state index in [2.05, 4.69) is 57.0 Å². The van der Waals surface area contributed by atoms with Crippen LogP contribution in [0.4, 0.5) is 0 Å². The van der Waals surface area contributed by atoms with Crippen LogP contribution in [0.3, 0.4) is 0 Å². The van der Waals surface area contributed by atoms with Crippen molar-refractivity contribution < 1.29 is 0 Å². The van der Waals surface area contributed by atoms with Crippen LogP contribution in [0.15, 0.2) is 28.7 Å². The lowest BCUT2D eigenvalue weighted by Crippen LogP contribution is -2.36. The summed E-state index contributed by atoms with van der Waals surface area (Å²) in [6, 6.07) is 8.90. The molecular formula is C14H22BrN3. The molecule has 3 nitrogen and oxygen atoms in total. The van der Waals surface area contributed by atoms with Crippen molar-refractivity contribution in [3.05, 3.63) is 34.3 Å². The Balaban J connectivity index is 2.09. The van der Waals surface area contributed by atoms with Crippen molar-refractivity contribution in [3.8, 4) is 0 Å². The van der Waals surface area contributed by atoms with Gasteiger partial charge in [0.15, 0.2) is 0 Å². The van der Waals surface area contributed by atoms with Crippen molar-refractivity contribution in [1.29, 1.82) is 0 Å². The first kappa shape index (κ1) is 14.0. The molecular weight excluding hydrogens is 290 g/mol. The van der Waals surface area contributed by atoms with Gasteiger partial charge in [0.25, 0.3) is 0 Å². The van der Waals surface area contributed by atoms with E-state index in [1.165, 1.54) is 18.5 Å². The Morgan fingerprint density at radius 3 is 2.56 bits per heavy atom. The molecule has 2 rings (SSSR count). The molecule has 1 aromatic carbocycles. The largest absolute Gasteiger partial charge is 0.329 e. The van der Waals surface area contributed by atoms with Gasteiger partial charge in [-0.25, -0.2) is 0 Å². The molecule has 1 atom stereocenters. The van der Waals surface area contributed by atoms with Gasteiger partial charge < -0.3 is 10.6 Å². The van der Waals surface area contributed by atoms with E-state index in [9.17, 15) is 0 Å². The second-order valence-electron chi connectivity index (χ2n) is 5.00. The summed E-state index contributed by atoms with van der Waals surface area (Å²) in [6.45, 7) is 5.25. The Hall–Kier alpha value is -0.420. The molecule has 0 aromatic heterocycles. The summed E-state index contributed by atoms with van der Waals surface area (Å²) < 4.78 is 1.12. The van der Waals surface area contributed by atoms with Gasteiger partial charge in [-0.1, -0.05) is 28.1 Å². The predicted octanol–water partition coefficient (Wildman–Crippen LogP) is 2.09. The van der Waals surface area contributed by atoms with Crippen LogP contribution in [0.25, 0.3) is 0 Å². The first-order valence-corrected chi connectivity index (χ1v) is 7.38. The molecule has 1 fully saturated rings. The van der Waals surface area contributed by atoms with Crippen LogP contribution in [0, 0.1) is 0 Å². The normalized spacial score (nSPS) is 20.6. The van der Waals surface area contributed by atoms with Crippen LogP contribution < -0.4 is 5.73 Å². The lowest BCUT2D eigenvalue weighted by Gasteiger charge is -2.30. The Morgan fingerprint density at radius 1 is 1.17 bits per heavy atom. The van der Waals surface area contributed by atoms with Crippen LogP contribution in [0.1, 0.15) is 18.0 Å². The minimum absolute atomic E-state index is 0.351. The molecule has 0 radical (unpaired) electrons. The van der Waals surface area contributed by atoms with E-state index >= 15 is 0 Å². The summed E-state index contributed by atoms with van der Waals surface area (Å²) in [5, 5.41) is 0. The number of benzene rings is 1. The van der Waals surface area contributed by atoms with Gasteiger partial charge in [0.05, 0.1) is 0 Å². The first-order valence-electron chi connectivity index (χ1n) is 6.59. The zero-order valence-corrected chi connectivity index (χ0v) is 12.6. The summed E-state index contributed by atoms with van der Waals surface area (Å²) in [4.78, 5) is 4.92. The Morgan fingerprint density at radius 2 is 1.89 bits per heavy atom. The second kappa shape index (κ2) is 6.66. The third-order valence-electron chi connectivity index (χ3n) is 3.67. The van der Waals surface area contributed by atoms with E-state index in [1.54, 1.807) is 0 Å². The fourth-order valence-electron chi connectivity index (χ4n) is 2.56. The smallest absolute Gasteiger partial charge is 0.0471 e. The topological polar surface area (TPSA) is 32.5 Å². The molecule has 0 bridgehead atoms. The van der Waals surface area contributed by atoms with E-state index < -0.39 is 0 Å². The molecule has 1 aromatic rings. The number of nitrogens with two attached hydrogens (primary N) is 1. The van der Waals surface area contributed by atoms with Crippen LogP contribution in [-0.4, -0.2) is 49.6 Å². The van der Waals surface area contributed by atoms with Gasteiger partial charge in [-0.2, -0.15) is 0 Å². The molecule has 18 heavy (non-hydrogen) atoms. The van der Waals surface area contributed by atoms with Gasteiger partial charge in [-0.3, -0.25) is 4.90 Å². The zero-order chi connectivity index (χ0) is 13.0. The minimum atomic E-state index is 0.351. The van der Waals surface area contributed by atoms with E-state index in [0.717, 1.165) is 24.1 Å². The first-order chi connectivity index (χ1) is 8.70. The maximum atomic E-state index is 5.99. The number of likely N-dealkylation sites (N-methyl/N-ethyl adjacent to an activating group) is 1. The highest BCUT2D eigenvalue weighted by Crippen LogP contribution is 2.22. The van der Waals surface area contributed by atoms with E-state index in [4.69, 9.17) is 5.73 Å². The third kappa shape index (κ3) is 3.54. The lowest BCUT2D eigenvalue weighted by atomic mass is 10.1. The maximum Gasteiger partial charge on any atom is 0.0471 e. The number of hydrogen-bond acceptors (Lipinski definition) is 3. The fourth-order valence-corrected chi connectivity index (χ4v) is 2.82. The molecule has 0 amide bonds. The summed E-state index contributed by atoms with van der Waals surface area (Å²) in [5.41, 5.74) is 7.32. The van der Waals surface area contributed by atoms with Gasteiger partial charge in [-0.05, 0) is 37.7 Å². The van der Waals surface area contributed by atoms with E-state index in [-0.39, 0.29) is 0 Å². The van der Waals surface area contributed by atoms with Crippen LogP contribution in [-0.2, 0) is 0 Å². The van der Waals surface area contributed by atoms with Crippen LogP contribution in [0.2, 0.25) is 0 Å². The molecule has 4 heteroatoms. The Kier molecular flexibility index (Phi) is 5.18. The Bertz CT molecular complexity index is 366. The van der Waals surface area contributed by atoms with Gasteiger partial charge in [0, 0.05) is 36.7 Å². The SMILES string of the molecule is CN1CCCN(C(CN)c2ccc(Br)cc2)CC1. The maximum absolute atomic E-state index is 5.99. The standard InChI is InChI=1S/C14H22BrN3/c1-17-7-2-8-18(10-9-17)14(11-16)12-3-5-13(15)6-4-12/h3-6,14H,2,7-11,16H2,1H3. The molecule has 0 spiro atoms. The van der Waals surface area contributed by atoms with Crippen molar-refractivity contribution in [3.63, 3.8) is 0 Å². The number of rotatable bonds is 3. The fraction of sp³-hybridized carbons (Fsp3) is 0.571. The minimum Gasteiger partial charge on any atom is -0.329 e. The Labute approximate surface area is 118 Å². The number of nitrogens with zero attached hydrogens (tertiary/aromatic N) is 2. The van der Waals surface area contributed by atoms with Crippen molar-refractivity contribution >= 4 is 15.9 Å².